The van der Waals surface area contributed by atoms with E-state index < -0.39 is 0 Å². The molecular weight excluding hydrogens is 234 g/mol. The Bertz CT molecular complexity index is 615. The SMILES string of the molecule is Nc1nc(-n2cccn2)ncc1-c1cccs1. The first-order valence-electron chi connectivity index (χ1n) is 5.01. The molecule has 6 heteroatoms. The Hall–Kier alpha value is -2.21. The number of nitrogen functional groups attached to an aromatic ring is 1. The molecule has 84 valence electrons. The fraction of sp³-hybridized carbons (Fsp3) is 0. The average molecular weight is 243 g/mol. The van der Waals surface area contributed by atoms with Crippen molar-refractivity contribution in [2.24, 2.45) is 0 Å². The number of nitrogens with two attached hydrogens (primary N) is 1. The van der Waals surface area contributed by atoms with Crippen molar-refractivity contribution in [3.63, 3.8) is 0 Å². The van der Waals surface area contributed by atoms with Crippen LogP contribution in [0.4, 0.5) is 5.82 Å². The van der Waals surface area contributed by atoms with Gasteiger partial charge in [0.1, 0.15) is 5.82 Å². The van der Waals surface area contributed by atoms with Crippen LogP contribution >= 0.6 is 11.3 Å². The van der Waals surface area contributed by atoms with Gasteiger partial charge in [0.25, 0.3) is 5.95 Å². The van der Waals surface area contributed by atoms with Crippen molar-refractivity contribution in [1.29, 1.82) is 0 Å². The molecule has 3 heterocycles. The normalized spacial score (nSPS) is 10.6. The number of aromatic nitrogens is 4. The highest BCUT2D eigenvalue weighted by Crippen LogP contribution is 2.28. The van der Waals surface area contributed by atoms with Crippen LogP contribution in [0.1, 0.15) is 0 Å². The van der Waals surface area contributed by atoms with Gasteiger partial charge in [-0.05, 0) is 17.5 Å². The largest absolute Gasteiger partial charge is 0.383 e. The number of anilines is 1. The summed E-state index contributed by atoms with van der Waals surface area (Å²) in [5.41, 5.74) is 6.79. The van der Waals surface area contributed by atoms with Gasteiger partial charge in [-0.1, -0.05) is 6.07 Å². The first-order valence-corrected chi connectivity index (χ1v) is 5.89. The third kappa shape index (κ3) is 1.78. The van der Waals surface area contributed by atoms with Crippen molar-refractivity contribution in [3.05, 3.63) is 42.2 Å². The lowest BCUT2D eigenvalue weighted by atomic mass is 10.2. The van der Waals surface area contributed by atoms with E-state index in [4.69, 9.17) is 5.73 Å². The molecule has 5 nitrogen and oxygen atoms in total. The molecule has 0 spiro atoms. The van der Waals surface area contributed by atoms with Gasteiger partial charge < -0.3 is 5.73 Å². The molecule has 2 N–H and O–H groups in total. The van der Waals surface area contributed by atoms with Crippen LogP contribution in [-0.2, 0) is 0 Å². The summed E-state index contributed by atoms with van der Waals surface area (Å²) >= 11 is 1.61. The summed E-state index contributed by atoms with van der Waals surface area (Å²) in [7, 11) is 0. The Morgan fingerprint density at radius 3 is 2.88 bits per heavy atom. The quantitative estimate of drug-likeness (QED) is 0.747. The maximum atomic E-state index is 5.93. The van der Waals surface area contributed by atoms with E-state index in [2.05, 4.69) is 15.1 Å². The van der Waals surface area contributed by atoms with E-state index in [1.54, 1.807) is 34.6 Å². The fourth-order valence-corrected chi connectivity index (χ4v) is 2.25. The molecule has 0 radical (unpaired) electrons. The molecule has 0 aliphatic rings. The van der Waals surface area contributed by atoms with E-state index in [0.29, 0.717) is 11.8 Å². The number of nitrogens with zero attached hydrogens (tertiary/aromatic N) is 4. The molecule has 0 aliphatic heterocycles. The predicted octanol–water partition coefficient (Wildman–Crippen LogP) is 1.97. The molecule has 0 bridgehead atoms. The van der Waals surface area contributed by atoms with E-state index in [1.165, 1.54) is 0 Å². The third-order valence-electron chi connectivity index (χ3n) is 2.30. The van der Waals surface area contributed by atoms with Gasteiger partial charge in [0.15, 0.2) is 0 Å². The predicted molar refractivity (Wildman–Crippen MR) is 66.9 cm³/mol. The number of hydrogen-bond acceptors (Lipinski definition) is 5. The molecular formula is C11H9N5S. The maximum absolute atomic E-state index is 5.93. The first-order chi connectivity index (χ1) is 8.34. The summed E-state index contributed by atoms with van der Waals surface area (Å²) in [5, 5.41) is 6.05. The van der Waals surface area contributed by atoms with Crippen LogP contribution in [0, 0.1) is 0 Å². The Kier molecular flexibility index (Phi) is 2.34. The van der Waals surface area contributed by atoms with Gasteiger partial charge in [0, 0.05) is 23.5 Å². The average Bonchev–Trinajstić information content (AvgIpc) is 3.02. The van der Waals surface area contributed by atoms with Gasteiger partial charge in [-0.2, -0.15) is 10.1 Å². The van der Waals surface area contributed by atoms with Gasteiger partial charge in [0.05, 0.1) is 5.56 Å². The van der Waals surface area contributed by atoms with Gasteiger partial charge >= 0.3 is 0 Å². The standard InChI is InChI=1S/C11H9N5S/c12-10-8(9-3-1-6-17-9)7-13-11(15-10)16-5-2-4-14-16/h1-7H,(H2,12,13,15). The summed E-state index contributed by atoms with van der Waals surface area (Å²) in [6, 6.07) is 5.78. The lowest BCUT2D eigenvalue weighted by molar-refractivity contribution is 0.811. The fourth-order valence-electron chi connectivity index (χ4n) is 1.50. The summed E-state index contributed by atoms with van der Waals surface area (Å²) in [5.74, 6) is 0.945. The Balaban J connectivity index is 2.06. The van der Waals surface area contributed by atoms with Gasteiger partial charge in [0.2, 0.25) is 0 Å². The minimum Gasteiger partial charge on any atom is -0.383 e. The molecule has 17 heavy (non-hydrogen) atoms. The number of thiophene rings is 1. The van der Waals surface area contributed by atoms with Crippen LogP contribution in [0.15, 0.2) is 42.2 Å². The molecule has 0 saturated carbocycles. The summed E-state index contributed by atoms with van der Waals surface area (Å²) in [6.45, 7) is 0. The molecule has 0 atom stereocenters. The van der Waals surface area contributed by atoms with Crippen LogP contribution < -0.4 is 5.73 Å². The zero-order valence-electron chi connectivity index (χ0n) is 8.82. The molecule has 0 fully saturated rings. The topological polar surface area (TPSA) is 69.6 Å². The van der Waals surface area contributed by atoms with Crippen LogP contribution in [-0.4, -0.2) is 19.7 Å². The second-order valence-corrected chi connectivity index (χ2v) is 4.34. The summed E-state index contributed by atoms with van der Waals surface area (Å²) in [6.07, 6.45) is 5.18. The Morgan fingerprint density at radius 2 is 2.24 bits per heavy atom. The van der Waals surface area contributed by atoms with E-state index in [0.717, 1.165) is 10.4 Å². The summed E-state index contributed by atoms with van der Waals surface area (Å²) < 4.78 is 1.58. The zero-order chi connectivity index (χ0) is 11.7. The van der Waals surface area contributed by atoms with Crippen molar-refractivity contribution < 1.29 is 0 Å². The second-order valence-electron chi connectivity index (χ2n) is 3.40. The van der Waals surface area contributed by atoms with Crippen LogP contribution in [0.3, 0.4) is 0 Å². The third-order valence-corrected chi connectivity index (χ3v) is 3.20. The van der Waals surface area contributed by atoms with Gasteiger partial charge in [-0.25, -0.2) is 9.67 Å². The van der Waals surface area contributed by atoms with E-state index in [-0.39, 0.29) is 0 Å². The highest BCUT2D eigenvalue weighted by molar-refractivity contribution is 7.13. The van der Waals surface area contributed by atoms with Gasteiger partial charge in [-0.3, -0.25) is 0 Å². The molecule has 3 rings (SSSR count). The maximum Gasteiger partial charge on any atom is 0.252 e. The van der Waals surface area contributed by atoms with Crippen LogP contribution in [0.25, 0.3) is 16.4 Å². The molecule has 3 aromatic rings. The van der Waals surface area contributed by atoms with Crippen molar-refractivity contribution in [2.75, 3.05) is 5.73 Å². The van der Waals surface area contributed by atoms with Crippen molar-refractivity contribution >= 4 is 17.2 Å². The Labute approximate surface area is 102 Å². The van der Waals surface area contributed by atoms with Crippen molar-refractivity contribution in [3.8, 4) is 16.4 Å². The molecule has 0 saturated heterocycles. The molecule has 0 unspecified atom stereocenters. The minimum absolute atomic E-state index is 0.466. The Morgan fingerprint density at radius 1 is 1.29 bits per heavy atom. The van der Waals surface area contributed by atoms with Crippen molar-refractivity contribution in [2.45, 2.75) is 0 Å². The van der Waals surface area contributed by atoms with E-state index in [1.807, 2.05) is 23.6 Å². The highest BCUT2D eigenvalue weighted by Gasteiger charge is 2.08. The highest BCUT2D eigenvalue weighted by atomic mass is 32.1. The lowest BCUT2D eigenvalue weighted by Crippen LogP contribution is -2.04. The summed E-state index contributed by atoms with van der Waals surface area (Å²) in [4.78, 5) is 9.56. The van der Waals surface area contributed by atoms with Crippen molar-refractivity contribution in [1.82, 2.24) is 19.7 Å². The monoisotopic (exact) mass is 243 g/mol. The van der Waals surface area contributed by atoms with Crippen LogP contribution in [0.5, 0.6) is 0 Å². The second kappa shape index (κ2) is 3.99. The molecule has 0 aliphatic carbocycles. The molecule has 0 aromatic carbocycles. The molecule has 3 aromatic heterocycles. The number of hydrogen-bond donors (Lipinski definition) is 1. The first kappa shape index (κ1) is 9.98. The zero-order valence-corrected chi connectivity index (χ0v) is 9.63. The van der Waals surface area contributed by atoms with E-state index in [9.17, 15) is 0 Å². The van der Waals surface area contributed by atoms with Crippen LogP contribution in [0.2, 0.25) is 0 Å². The lowest BCUT2D eigenvalue weighted by Gasteiger charge is -2.04. The smallest absolute Gasteiger partial charge is 0.252 e. The van der Waals surface area contributed by atoms with Gasteiger partial charge in [-0.15, -0.1) is 11.3 Å². The molecule has 0 amide bonds. The van der Waals surface area contributed by atoms with E-state index >= 15 is 0 Å². The number of rotatable bonds is 2. The minimum atomic E-state index is 0.466.